The lowest BCUT2D eigenvalue weighted by Crippen LogP contribution is -2.37. The number of rotatable bonds is 22. The number of amides is 1. The Balaban J connectivity index is 3.54. The van der Waals surface area contributed by atoms with E-state index >= 15 is 0 Å². The lowest BCUT2D eigenvalue weighted by Gasteiger charge is -2.25. The van der Waals surface area contributed by atoms with Gasteiger partial charge in [-0.05, 0) is 12.8 Å². The first-order valence-corrected chi connectivity index (χ1v) is 13.3. The summed E-state index contributed by atoms with van der Waals surface area (Å²) in [6.07, 6.45) is 24.7. The number of hydrogen-bond donors (Lipinski definition) is 2. The largest absolute Gasteiger partial charge is 0.465 e. The summed E-state index contributed by atoms with van der Waals surface area (Å²) in [5.41, 5.74) is 0. The molecule has 4 heteroatoms. The monoisotopic (exact) mass is 429 g/mol. The highest BCUT2D eigenvalue weighted by Gasteiger charge is 2.18. The molecular weight excluding hydrogens is 378 g/mol. The smallest absolute Gasteiger partial charge is 0.408 e. The summed E-state index contributed by atoms with van der Waals surface area (Å²) in [5, 5.41) is 9.32. The average molecular weight is 430 g/mol. The van der Waals surface area contributed by atoms with Gasteiger partial charge in [0.1, 0.15) is 0 Å². The van der Waals surface area contributed by atoms with Gasteiger partial charge < -0.3 is 5.11 Å². The van der Waals surface area contributed by atoms with Crippen LogP contribution in [0, 0.1) is 0 Å². The van der Waals surface area contributed by atoms with Crippen LogP contribution in [0.1, 0.15) is 142 Å². The Labute approximate surface area is 187 Å². The van der Waals surface area contributed by atoms with E-state index in [9.17, 15) is 9.90 Å². The van der Waals surface area contributed by atoms with Crippen molar-refractivity contribution in [2.45, 2.75) is 148 Å². The summed E-state index contributed by atoms with van der Waals surface area (Å²) in [5.74, 6) is 0. The van der Waals surface area contributed by atoms with Crippen molar-refractivity contribution >= 4 is 18.7 Å². The summed E-state index contributed by atoms with van der Waals surface area (Å²) in [7, 11) is 0. The Morgan fingerprint density at radius 1 is 0.655 bits per heavy atom. The predicted octanol–water partition coefficient (Wildman–Crippen LogP) is 9.06. The minimum atomic E-state index is -0.812. The van der Waals surface area contributed by atoms with E-state index in [0.717, 1.165) is 25.7 Å². The Kier molecular flexibility index (Phi) is 22.0. The lowest BCUT2D eigenvalue weighted by molar-refractivity contribution is 0.137. The molecule has 0 radical (unpaired) electrons. The Bertz CT molecular complexity index is 352. The van der Waals surface area contributed by atoms with Crippen LogP contribution in [0.4, 0.5) is 4.79 Å². The maximum atomic E-state index is 11.5. The molecule has 0 fully saturated rings. The molecule has 0 bridgehead atoms. The van der Waals surface area contributed by atoms with Crippen LogP contribution in [0.5, 0.6) is 0 Å². The van der Waals surface area contributed by atoms with E-state index < -0.39 is 6.09 Å². The lowest BCUT2D eigenvalue weighted by atomic mass is 10.0. The zero-order chi connectivity index (χ0) is 21.6. The molecule has 3 nitrogen and oxygen atoms in total. The van der Waals surface area contributed by atoms with Gasteiger partial charge in [0.25, 0.3) is 0 Å². The second-order valence-electron chi connectivity index (χ2n) is 8.76. The highest BCUT2D eigenvalue weighted by Crippen LogP contribution is 2.17. The van der Waals surface area contributed by atoms with Gasteiger partial charge >= 0.3 is 6.09 Å². The molecule has 174 valence electrons. The second-order valence-corrected chi connectivity index (χ2v) is 9.35. The maximum absolute atomic E-state index is 11.5. The number of carbonyl (C=O) groups is 1. The van der Waals surface area contributed by atoms with Crippen molar-refractivity contribution in [3.05, 3.63) is 0 Å². The predicted molar refractivity (Wildman–Crippen MR) is 131 cm³/mol. The van der Waals surface area contributed by atoms with Crippen LogP contribution in [0.2, 0.25) is 0 Å². The van der Waals surface area contributed by atoms with E-state index in [1.54, 1.807) is 4.90 Å². The van der Waals surface area contributed by atoms with E-state index in [-0.39, 0.29) is 5.37 Å². The van der Waals surface area contributed by atoms with Crippen molar-refractivity contribution in [1.29, 1.82) is 0 Å². The number of carboxylic acid groups (broad SMARTS) is 1. The van der Waals surface area contributed by atoms with Crippen LogP contribution in [0.25, 0.3) is 0 Å². The summed E-state index contributed by atoms with van der Waals surface area (Å²) < 4.78 is 0. The van der Waals surface area contributed by atoms with Gasteiger partial charge in [0, 0.05) is 6.54 Å². The van der Waals surface area contributed by atoms with Crippen LogP contribution in [0.3, 0.4) is 0 Å². The van der Waals surface area contributed by atoms with Crippen molar-refractivity contribution in [2.24, 2.45) is 0 Å². The molecule has 0 spiro atoms. The van der Waals surface area contributed by atoms with E-state index in [2.05, 4.69) is 26.5 Å². The van der Waals surface area contributed by atoms with Gasteiger partial charge in [0.15, 0.2) is 0 Å². The molecule has 0 heterocycles. The quantitative estimate of drug-likeness (QED) is 0.102. The molecule has 29 heavy (non-hydrogen) atoms. The molecule has 1 unspecified atom stereocenters. The first-order valence-electron chi connectivity index (χ1n) is 12.8. The second kappa shape index (κ2) is 22.3. The summed E-state index contributed by atoms with van der Waals surface area (Å²) in [6, 6.07) is 0. The summed E-state index contributed by atoms with van der Waals surface area (Å²) >= 11 is 4.56. The van der Waals surface area contributed by atoms with E-state index in [0.29, 0.717) is 6.54 Å². The number of hydrogen-bond acceptors (Lipinski definition) is 2. The molecule has 0 aromatic carbocycles. The third-order valence-electron chi connectivity index (χ3n) is 5.92. The van der Waals surface area contributed by atoms with E-state index in [1.807, 2.05) is 0 Å². The van der Waals surface area contributed by atoms with Crippen molar-refractivity contribution < 1.29 is 9.90 Å². The van der Waals surface area contributed by atoms with Crippen molar-refractivity contribution in [3.8, 4) is 0 Å². The normalized spacial score (nSPS) is 12.2. The first-order chi connectivity index (χ1) is 14.1. The molecule has 1 atom stereocenters. The highest BCUT2D eigenvalue weighted by atomic mass is 32.1. The van der Waals surface area contributed by atoms with Crippen LogP contribution < -0.4 is 0 Å². The van der Waals surface area contributed by atoms with Crippen molar-refractivity contribution in [2.75, 3.05) is 6.54 Å². The fourth-order valence-electron chi connectivity index (χ4n) is 3.94. The summed E-state index contributed by atoms with van der Waals surface area (Å²) in [6.45, 7) is 5.12. The Morgan fingerprint density at radius 2 is 1.00 bits per heavy atom. The molecule has 0 rings (SSSR count). The first kappa shape index (κ1) is 28.6. The zero-order valence-corrected chi connectivity index (χ0v) is 20.6. The molecule has 0 saturated carbocycles. The van der Waals surface area contributed by atoms with Gasteiger partial charge in [0.05, 0.1) is 5.37 Å². The van der Waals surface area contributed by atoms with Gasteiger partial charge in [0.2, 0.25) is 0 Å². The molecule has 0 aliphatic heterocycles. The average Bonchev–Trinajstić information content (AvgIpc) is 2.70. The standard InChI is InChI=1S/C25H51NO2S/c1-3-5-7-9-10-11-12-13-14-15-16-17-19-21-23-26(25(27)28)24(29)22-20-18-8-6-4-2/h24,29H,3-23H2,1-2H3,(H,27,28). The van der Waals surface area contributed by atoms with Gasteiger partial charge in [-0.15, -0.1) is 0 Å². The molecule has 1 amide bonds. The highest BCUT2D eigenvalue weighted by molar-refractivity contribution is 7.80. The van der Waals surface area contributed by atoms with Crippen molar-refractivity contribution in [3.63, 3.8) is 0 Å². The number of nitrogens with zero attached hydrogens (tertiary/aromatic N) is 1. The minimum Gasteiger partial charge on any atom is -0.465 e. The molecule has 0 aliphatic rings. The van der Waals surface area contributed by atoms with Gasteiger partial charge in [-0.25, -0.2) is 4.79 Å². The number of unbranched alkanes of at least 4 members (excludes halogenated alkanes) is 17. The van der Waals surface area contributed by atoms with Crippen LogP contribution in [-0.2, 0) is 0 Å². The third-order valence-corrected chi connectivity index (χ3v) is 6.46. The summed E-state index contributed by atoms with van der Waals surface area (Å²) in [4.78, 5) is 13.1. The van der Waals surface area contributed by atoms with Gasteiger partial charge in [-0.3, -0.25) is 4.90 Å². The fourth-order valence-corrected chi connectivity index (χ4v) is 4.33. The molecule has 0 aromatic rings. The topological polar surface area (TPSA) is 40.5 Å². The maximum Gasteiger partial charge on any atom is 0.408 e. The molecular formula is C25H51NO2S. The van der Waals surface area contributed by atoms with Crippen LogP contribution in [0.15, 0.2) is 0 Å². The minimum absolute atomic E-state index is 0.143. The zero-order valence-electron chi connectivity index (χ0n) is 19.7. The van der Waals surface area contributed by atoms with E-state index in [1.165, 1.54) is 103 Å². The van der Waals surface area contributed by atoms with Crippen LogP contribution in [-0.4, -0.2) is 28.0 Å². The third kappa shape index (κ3) is 19.3. The fraction of sp³-hybridized carbons (Fsp3) is 0.960. The SMILES string of the molecule is CCCCCCCCCCCCCCCCN(C(=O)O)C(S)CCCCCCC. The van der Waals surface area contributed by atoms with Gasteiger partial charge in [-0.2, -0.15) is 12.6 Å². The molecule has 0 saturated heterocycles. The number of thiol groups is 1. The molecule has 0 aliphatic carbocycles. The van der Waals surface area contributed by atoms with Crippen LogP contribution >= 0.6 is 12.6 Å². The van der Waals surface area contributed by atoms with Gasteiger partial charge in [-0.1, -0.05) is 129 Å². The molecule has 1 N–H and O–H groups in total. The van der Waals surface area contributed by atoms with E-state index in [4.69, 9.17) is 0 Å². The molecule has 0 aromatic heterocycles. The Hall–Kier alpha value is -0.380. The Morgan fingerprint density at radius 3 is 1.38 bits per heavy atom. The van der Waals surface area contributed by atoms with Crippen molar-refractivity contribution in [1.82, 2.24) is 4.90 Å².